The highest BCUT2D eigenvalue weighted by Gasteiger charge is 2.41. The minimum atomic E-state index is -0.766. The molecular weight excluding hydrogens is 511 g/mol. The Morgan fingerprint density at radius 1 is 0.769 bits per heavy atom. The number of ether oxygens (including phenoxy) is 2. The lowest BCUT2D eigenvalue weighted by Crippen LogP contribution is -2.54. The second-order valence-electron chi connectivity index (χ2n) is 10.2. The van der Waals surface area contributed by atoms with Crippen LogP contribution in [0.15, 0.2) is 61.2 Å². The highest BCUT2D eigenvalue weighted by molar-refractivity contribution is 7.22. The van der Waals surface area contributed by atoms with Crippen LogP contribution in [-0.2, 0) is 23.9 Å². The maximum atomic E-state index is 13.4. The monoisotopic (exact) mass is 558 g/mol. The molecule has 1 aliphatic rings. The number of allylic oxidation sites excluding steroid dienone is 2. The van der Waals surface area contributed by atoms with Crippen molar-refractivity contribution in [2.24, 2.45) is 5.92 Å². The van der Waals surface area contributed by atoms with E-state index in [-0.39, 0.29) is 18.4 Å². The Labute approximate surface area is 237 Å². The third kappa shape index (κ3) is 11.8. The van der Waals surface area contributed by atoms with Gasteiger partial charge in [-0.2, -0.15) is 0 Å². The fourth-order valence-electron chi connectivity index (χ4n) is 4.00. The summed E-state index contributed by atoms with van der Waals surface area (Å²) in [6, 6.07) is 0. The summed E-state index contributed by atoms with van der Waals surface area (Å²) in [4.78, 5) is 41.7. The van der Waals surface area contributed by atoms with E-state index >= 15 is 0 Å². The number of rotatable bonds is 20. The Morgan fingerprint density at radius 2 is 1.31 bits per heavy atom. The number of hydrogen-bond donors (Lipinski definition) is 0. The van der Waals surface area contributed by atoms with Gasteiger partial charge in [-0.1, -0.05) is 44.9 Å². The number of hydrogen-bond acceptors (Lipinski definition) is 5. The Morgan fingerprint density at radius 3 is 1.85 bits per heavy atom. The quantitative estimate of drug-likeness (QED) is 0.0330. The molecule has 1 rings (SSSR count). The number of carbonyl (C=O) groups excluding carboxylic acids is 3. The molecule has 0 aromatic carbocycles. The minimum absolute atomic E-state index is 0.199. The molecule has 0 aliphatic carbocycles. The lowest BCUT2D eigenvalue weighted by atomic mass is 9.95. The fourth-order valence-corrected chi connectivity index (χ4v) is 4.18. The summed E-state index contributed by atoms with van der Waals surface area (Å²) in [5, 5.41) is 1.11. The molecule has 1 aliphatic heterocycles. The van der Waals surface area contributed by atoms with E-state index < -0.39 is 11.9 Å². The van der Waals surface area contributed by atoms with Crippen molar-refractivity contribution in [2.45, 2.75) is 78.6 Å². The van der Waals surface area contributed by atoms with Crippen LogP contribution in [0.25, 0.3) is 0 Å². The molecule has 1 atom stereocenters. The highest BCUT2D eigenvalue weighted by atomic mass is 31.0. The second kappa shape index (κ2) is 17.6. The first-order valence-corrected chi connectivity index (χ1v) is 14.2. The molecule has 0 N–H and O–H groups in total. The molecule has 0 spiro atoms. The van der Waals surface area contributed by atoms with Gasteiger partial charge in [-0.15, -0.1) is 8.86 Å². The second-order valence-corrected chi connectivity index (χ2v) is 10.8. The smallest absolute Gasteiger partial charge is 0.333 e. The average molecular weight is 559 g/mol. The van der Waals surface area contributed by atoms with E-state index in [2.05, 4.69) is 41.8 Å². The van der Waals surface area contributed by atoms with E-state index in [0.29, 0.717) is 62.5 Å². The largest absolute Gasteiger partial charge is 0.494 e. The lowest BCUT2D eigenvalue weighted by Gasteiger charge is -2.41. The Hall–Kier alpha value is -2.92. The minimum Gasteiger partial charge on any atom is -0.494 e. The van der Waals surface area contributed by atoms with Gasteiger partial charge in [-0.05, 0) is 83.0 Å². The lowest BCUT2D eigenvalue weighted by molar-refractivity contribution is -0.153. The molecular formula is C31H47N2O5P. The van der Waals surface area contributed by atoms with Crippen LogP contribution in [0.3, 0.4) is 0 Å². The van der Waals surface area contributed by atoms with Gasteiger partial charge >= 0.3 is 5.97 Å². The summed E-state index contributed by atoms with van der Waals surface area (Å²) in [7, 11) is 3.61. The summed E-state index contributed by atoms with van der Waals surface area (Å²) in [5.41, 5.74) is 2.15. The van der Waals surface area contributed by atoms with Crippen molar-refractivity contribution in [1.82, 2.24) is 9.80 Å². The highest BCUT2D eigenvalue weighted by Crippen LogP contribution is 2.28. The maximum Gasteiger partial charge on any atom is 0.333 e. The van der Waals surface area contributed by atoms with Gasteiger partial charge in [0.05, 0.1) is 13.2 Å². The van der Waals surface area contributed by atoms with Crippen LogP contribution in [-0.4, -0.2) is 59.2 Å². The number of nitrogens with zero attached hydrogens (tertiary/aromatic N) is 2. The van der Waals surface area contributed by atoms with Crippen LogP contribution in [0.5, 0.6) is 0 Å². The summed E-state index contributed by atoms with van der Waals surface area (Å²) >= 11 is 0. The molecule has 0 aromatic rings. The first-order chi connectivity index (χ1) is 18.4. The predicted molar refractivity (Wildman–Crippen MR) is 161 cm³/mol. The topological polar surface area (TPSA) is 76.2 Å². The molecule has 2 amide bonds. The summed E-state index contributed by atoms with van der Waals surface area (Å²) in [5.74, 6) is -0.609. The van der Waals surface area contributed by atoms with Crippen LogP contribution in [0.1, 0.15) is 78.6 Å². The average Bonchev–Trinajstić information content (AvgIpc) is 2.87. The van der Waals surface area contributed by atoms with Crippen molar-refractivity contribution < 1.29 is 23.9 Å². The molecule has 0 radical (unpaired) electrons. The van der Waals surface area contributed by atoms with Gasteiger partial charge in [-0.3, -0.25) is 19.4 Å². The number of unbranched alkanes of at least 4 members (excludes halogenated alkanes) is 4. The Bertz CT molecular complexity index is 842. The van der Waals surface area contributed by atoms with Crippen LogP contribution >= 0.6 is 8.86 Å². The zero-order valence-electron chi connectivity index (χ0n) is 24.2. The third-order valence-electron chi connectivity index (χ3n) is 6.57. The molecule has 0 saturated carbocycles. The summed E-state index contributed by atoms with van der Waals surface area (Å²) in [6.45, 7) is 26.4. The molecule has 0 bridgehead atoms. The molecule has 8 heteroatoms. The van der Waals surface area contributed by atoms with Crippen LogP contribution < -0.4 is 0 Å². The molecule has 0 aromatic heterocycles. The standard InChI is InChI=1S/C31H47N2O5P/c1-22(2)25(7)37-20-15-13-19-33-26(8)32(18-12-9-10-17-28(39)23(3)4)29(34)27(30(33)35)16-11-14-21-38-31(36)24(5)6/h27,39H,1,3,5,7-21H2,2,4,6H3. The van der Waals surface area contributed by atoms with Crippen molar-refractivity contribution in [3.63, 3.8) is 0 Å². The molecule has 1 unspecified atom stereocenters. The molecule has 39 heavy (non-hydrogen) atoms. The third-order valence-corrected chi connectivity index (χ3v) is 7.25. The van der Waals surface area contributed by atoms with E-state index in [1.165, 1.54) is 0 Å². The van der Waals surface area contributed by atoms with Gasteiger partial charge in [0.15, 0.2) is 0 Å². The zero-order chi connectivity index (χ0) is 29.5. The normalized spacial score (nSPS) is 15.3. The van der Waals surface area contributed by atoms with E-state index in [0.717, 1.165) is 48.5 Å². The summed E-state index contributed by atoms with van der Waals surface area (Å²) < 4.78 is 10.7. The van der Waals surface area contributed by atoms with Crippen molar-refractivity contribution in [3.05, 3.63) is 61.2 Å². The van der Waals surface area contributed by atoms with E-state index in [1.54, 1.807) is 16.7 Å². The molecule has 7 nitrogen and oxygen atoms in total. The first-order valence-electron chi connectivity index (χ1n) is 13.7. The zero-order valence-corrected chi connectivity index (χ0v) is 25.2. The van der Waals surface area contributed by atoms with Crippen molar-refractivity contribution in [3.8, 4) is 0 Å². The predicted octanol–water partition coefficient (Wildman–Crippen LogP) is 6.37. The molecule has 216 valence electrons. The van der Waals surface area contributed by atoms with E-state index in [1.807, 2.05) is 13.8 Å². The SMILES string of the molecule is C=C(C)C(=C)OCCCCN1C(=C)N(CCCCCC(=P)C(=C)C)C(=O)C(CCCCOC(=O)C(=C)C)C1=O. The maximum absolute atomic E-state index is 13.4. The Kier molecular flexibility index (Phi) is 15.4. The van der Waals surface area contributed by atoms with Crippen molar-refractivity contribution in [2.75, 3.05) is 26.3 Å². The van der Waals surface area contributed by atoms with Gasteiger partial charge in [0.1, 0.15) is 17.5 Å². The van der Waals surface area contributed by atoms with Gasteiger partial charge in [0.25, 0.3) is 0 Å². The number of carbonyl (C=O) groups is 3. The Balaban J connectivity index is 2.76. The fraction of sp³-hybridized carbons (Fsp3) is 0.548. The summed E-state index contributed by atoms with van der Waals surface area (Å²) in [6.07, 6.45) is 6.60. The first kappa shape index (κ1) is 34.1. The van der Waals surface area contributed by atoms with E-state index in [4.69, 9.17) is 9.47 Å². The van der Waals surface area contributed by atoms with Gasteiger partial charge in [0, 0.05) is 18.7 Å². The van der Waals surface area contributed by atoms with Gasteiger partial charge < -0.3 is 9.47 Å². The van der Waals surface area contributed by atoms with Crippen LogP contribution in [0.2, 0.25) is 0 Å². The van der Waals surface area contributed by atoms with Crippen LogP contribution in [0, 0.1) is 5.92 Å². The van der Waals surface area contributed by atoms with E-state index in [9.17, 15) is 14.4 Å². The molecule has 1 fully saturated rings. The van der Waals surface area contributed by atoms with Crippen molar-refractivity contribution in [1.29, 1.82) is 0 Å². The van der Waals surface area contributed by atoms with Crippen molar-refractivity contribution >= 4 is 31.9 Å². The van der Waals surface area contributed by atoms with Crippen LogP contribution in [0.4, 0.5) is 0 Å². The molecule has 1 heterocycles. The number of esters is 1. The van der Waals surface area contributed by atoms with Gasteiger partial charge in [0.2, 0.25) is 11.8 Å². The number of amides is 2. The molecule has 1 saturated heterocycles. The van der Waals surface area contributed by atoms with Gasteiger partial charge in [-0.25, -0.2) is 4.79 Å².